The maximum absolute atomic E-state index is 12.3. The highest BCUT2D eigenvalue weighted by atomic mass is 35.5. The Labute approximate surface area is 164 Å². The first kappa shape index (κ1) is 19.2. The SMILES string of the molecule is O=C(CNc1ccccc1Cl)Nc1ccc(C(=O)NC2CCCCC2)cc1. The van der Waals surface area contributed by atoms with Crippen molar-refractivity contribution < 1.29 is 9.59 Å². The van der Waals surface area contributed by atoms with Crippen molar-refractivity contribution in [2.45, 2.75) is 38.1 Å². The molecule has 1 saturated carbocycles. The van der Waals surface area contributed by atoms with E-state index >= 15 is 0 Å². The molecule has 6 heteroatoms. The monoisotopic (exact) mass is 385 g/mol. The molecule has 0 heterocycles. The smallest absolute Gasteiger partial charge is 0.251 e. The van der Waals surface area contributed by atoms with Gasteiger partial charge in [-0.1, -0.05) is 43.0 Å². The summed E-state index contributed by atoms with van der Waals surface area (Å²) in [4.78, 5) is 24.4. The Morgan fingerprint density at radius 2 is 1.67 bits per heavy atom. The lowest BCUT2D eigenvalue weighted by Gasteiger charge is -2.22. The normalized spacial score (nSPS) is 14.4. The third-order valence-corrected chi connectivity index (χ3v) is 5.01. The van der Waals surface area contributed by atoms with Gasteiger partial charge in [0.2, 0.25) is 5.91 Å². The summed E-state index contributed by atoms with van der Waals surface area (Å²) in [6.45, 7) is 0.105. The van der Waals surface area contributed by atoms with Gasteiger partial charge in [0.05, 0.1) is 17.3 Å². The second-order valence-electron chi connectivity index (χ2n) is 6.77. The Kier molecular flexibility index (Phi) is 6.71. The number of hydrogen-bond donors (Lipinski definition) is 3. The van der Waals surface area contributed by atoms with Crippen molar-refractivity contribution in [3.63, 3.8) is 0 Å². The second kappa shape index (κ2) is 9.42. The Hall–Kier alpha value is -2.53. The minimum absolute atomic E-state index is 0.0554. The Morgan fingerprint density at radius 1 is 0.963 bits per heavy atom. The van der Waals surface area contributed by atoms with Gasteiger partial charge >= 0.3 is 0 Å². The summed E-state index contributed by atoms with van der Waals surface area (Å²) in [6.07, 6.45) is 5.72. The molecule has 2 amide bonds. The summed E-state index contributed by atoms with van der Waals surface area (Å²) in [6, 6.07) is 14.5. The minimum atomic E-state index is -0.186. The molecule has 1 aliphatic rings. The van der Waals surface area contributed by atoms with Crippen molar-refractivity contribution in [3.05, 3.63) is 59.1 Å². The highest BCUT2D eigenvalue weighted by molar-refractivity contribution is 6.33. The molecule has 27 heavy (non-hydrogen) atoms. The average molecular weight is 386 g/mol. The van der Waals surface area contributed by atoms with Gasteiger partial charge in [-0.15, -0.1) is 0 Å². The maximum atomic E-state index is 12.3. The highest BCUT2D eigenvalue weighted by Gasteiger charge is 2.16. The molecule has 2 aromatic carbocycles. The van der Waals surface area contributed by atoms with Gasteiger partial charge in [-0.2, -0.15) is 0 Å². The van der Waals surface area contributed by atoms with Gasteiger partial charge in [-0.25, -0.2) is 0 Å². The lowest BCUT2D eigenvalue weighted by molar-refractivity contribution is -0.114. The number of para-hydroxylation sites is 1. The summed E-state index contributed by atoms with van der Waals surface area (Å²) in [7, 11) is 0. The van der Waals surface area contributed by atoms with Crippen LogP contribution in [0.1, 0.15) is 42.5 Å². The highest BCUT2D eigenvalue weighted by Crippen LogP contribution is 2.20. The van der Waals surface area contributed by atoms with Crippen LogP contribution in [0, 0.1) is 0 Å². The van der Waals surface area contributed by atoms with E-state index in [-0.39, 0.29) is 24.4 Å². The number of carbonyl (C=O) groups excluding carboxylic acids is 2. The van der Waals surface area contributed by atoms with Gasteiger partial charge in [0.25, 0.3) is 5.91 Å². The third-order valence-electron chi connectivity index (χ3n) is 4.68. The molecule has 0 aliphatic heterocycles. The first-order valence-corrected chi connectivity index (χ1v) is 9.69. The minimum Gasteiger partial charge on any atom is -0.375 e. The van der Waals surface area contributed by atoms with Crippen LogP contribution in [0.3, 0.4) is 0 Å². The van der Waals surface area contributed by atoms with Gasteiger partial charge in [-0.3, -0.25) is 9.59 Å². The topological polar surface area (TPSA) is 70.2 Å². The summed E-state index contributed by atoms with van der Waals surface area (Å²) < 4.78 is 0. The molecular weight excluding hydrogens is 362 g/mol. The number of anilines is 2. The fraction of sp³-hybridized carbons (Fsp3) is 0.333. The molecule has 3 rings (SSSR count). The molecular formula is C21H24ClN3O2. The first-order chi connectivity index (χ1) is 13.1. The third kappa shape index (κ3) is 5.73. The molecule has 142 valence electrons. The number of carbonyl (C=O) groups is 2. The molecule has 3 N–H and O–H groups in total. The molecule has 0 aromatic heterocycles. The van der Waals surface area contributed by atoms with Crippen LogP contribution in [0.15, 0.2) is 48.5 Å². The van der Waals surface area contributed by atoms with Crippen LogP contribution in [-0.4, -0.2) is 24.4 Å². The van der Waals surface area contributed by atoms with Gasteiger partial charge < -0.3 is 16.0 Å². The number of benzene rings is 2. The van der Waals surface area contributed by atoms with E-state index in [4.69, 9.17) is 11.6 Å². The predicted octanol–water partition coefficient (Wildman–Crippen LogP) is 4.45. The van der Waals surface area contributed by atoms with Crippen LogP contribution >= 0.6 is 11.6 Å². The van der Waals surface area contributed by atoms with Crippen molar-refractivity contribution in [2.24, 2.45) is 0 Å². The number of halogens is 1. The molecule has 5 nitrogen and oxygen atoms in total. The van der Waals surface area contributed by atoms with Crippen molar-refractivity contribution in [1.29, 1.82) is 0 Å². The van der Waals surface area contributed by atoms with Gasteiger partial charge in [-0.05, 0) is 49.2 Å². The molecule has 0 bridgehead atoms. The zero-order chi connectivity index (χ0) is 19.1. The Bertz CT molecular complexity index is 786. The van der Waals surface area contributed by atoms with Crippen molar-refractivity contribution >= 4 is 34.8 Å². The van der Waals surface area contributed by atoms with Crippen LogP contribution in [0.25, 0.3) is 0 Å². The second-order valence-corrected chi connectivity index (χ2v) is 7.17. The first-order valence-electron chi connectivity index (χ1n) is 9.31. The average Bonchev–Trinajstić information content (AvgIpc) is 2.69. The summed E-state index contributed by atoms with van der Waals surface area (Å²) >= 11 is 6.05. The molecule has 1 fully saturated rings. The van der Waals surface area contributed by atoms with E-state index < -0.39 is 0 Å². The van der Waals surface area contributed by atoms with E-state index in [9.17, 15) is 9.59 Å². The fourth-order valence-electron chi connectivity index (χ4n) is 3.21. The molecule has 0 unspecified atom stereocenters. The van der Waals surface area contributed by atoms with Crippen LogP contribution in [0.4, 0.5) is 11.4 Å². The number of hydrogen-bond acceptors (Lipinski definition) is 3. The zero-order valence-corrected chi connectivity index (χ0v) is 15.9. The zero-order valence-electron chi connectivity index (χ0n) is 15.1. The molecule has 0 atom stereocenters. The Balaban J connectivity index is 1.48. The standard InChI is InChI=1S/C21H24ClN3O2/c22-18-8-4-5-9-19(18)23-14-20(26)24-17-12-10-15(11-13-17)21(27)25-16-6-2-1-3-7-16/h4-5,8-13,16,23H,1-3,6-7,14H2,(H,24,26)(H,25,27). The van der Waals surface area contributed by atoms with Crippen LogP contribution in [0.2, 0.25) is 5.02 Å². The van der Waals surface area contributed by atoms with Crippen molar-refractivity contribution in [2.75, 3.05) is 17.2 Å². The van der Waals surface area contributed by atoms with E-state index in [1.165, 1.54) is 19.3 Å². The van der Waals surface area contributed by atoms with E-state index in [1.807, 2.05) is 18.2 Å². The van der Waals surface area contributed by atoms with E-state index in [1.54, 1.807) is 30.3 Å². The summed E-state index contributed by atoms with van der Waals surface area (Å²) in [5.41, 5.74) is 1.96. The fourth-order valence-corrected chi connectivity index (χ4v) is 3.41. The predicted molar refractivity (Wildman–Crippen MR) is 109 cm³/mol. The molecule has 2 aromatic rings. The van der Waals surface area contributed by atoms with Crippen molar-refractivity contribution in [1.82, 2.24) is 5.32 Å². The van der Waals surface area contributed by atoms with E-state index in [0.29, 0.717) is 22.0 Å². The molecule has 0 saturated heterocycles. The van der Waals surface area contributed by atoms with E-state index in [2.05, 4.69) is 16.0 Å². The summed E-state index contributed by atoms with van der Waals surface area (Å²) in [5, 5.41) is 9.46. The lowest BCUT2D eigenvalue weighted by atomic mass is 9.95. The molecule has 0 spiro atoms. The van der Waals surface area contributed by atoms with Crippen molar-refractivity contribution in [3.8, 4) is 0 Å². The number of amides is 2. The Morgan fingerprint density at radius 3 is 2.37 bits per heavy atom. The molecule has 0 radical (unpaired) electrons. The lowest BCUT2D eigenvalue weighted by Crippen LogP contribution is -2.36. The summed E-state index contributed by atoms with van der Waals surface area (Å²) in [5.74, 6) is -0.241. The van der Waals surface area contributed by atoms with E-state index in [0.717, 1.165) is 12.8 Å². The quantitative estimate of drug-likeness (QED) is 0.687. The maximum Gasteiger partial charge on any atom is 0.251 e. The van der Waals surface area contributed by atoms with Crippen LogP contribution in [0.5, 0.6) is 0 Å². The van der Waals surface area contributed by atoms with Gasteiger partial charge in [0.15, 0.2) is 0 Å². The van der Waals surface area contributed by atoms with Crippen LogP contribution < -0.4 is 16.0 Å². The van der Waals surface area contributed by atoms with Gasteiger partial charge in [0, 0.05) is 17.3 Å². The largest absolute Gasteiger partial charge is 0.375 e. The molecule has 1 aliphatic carbocycles. The number of nitrogens with one attached hydrogen (secondary N) is 3. The van der Waals surface area contributed by atoms with Gasteiger partial charge in [0.1, 0.15) is 0 Å². The number of rotatable bonds is 6. The van der Waals surface area contributed by atoms with Crippen LogP contribution in [-0.2, 0) is 4.79 Å².